The van der Waals surface area contributed by atoms with Crippen LogP contribution in [0, 0.1) is 11.3 Å². The lowest BCUT2D eigenvalue weighted by Gasteiger charge is -2.07. The second-order valence-corrected chi connectivity index (χ2v) is 2.54. The molecule has 0 aromatic heterocycles. The van der Waals surface area contributed by atoms with Crippen molar-refractivity contribution in [3.63, 3.8) is 0 Å². The van der Waals surface area contributed by atoms with Crippen LogP contribution in [0.25, 0.3) is 0 Å². The van der Waals surface area contributed by atoms with Crippen LogP contribution in [0.4, 0.5) is 4.79 Å². The molecule has 0 unspecified atom stereocenters. The summed E-state index contributed by atoms with van der Waals surface area (Å²) in [4.78, 5) is 10.8. The number of nitrogens with one attached hydrogen (secondary N) is 1. The van der Waals surface area contributed by atoms with E-state index in [0.29, 0.717) is 6.61 Å². The number of nitrogens with zero attached hydrogens (tertiary/aromatic N) is 1. The molecule has 1 amide bonds. The van der Waals surface area contributed by atoms with Crippen LogP contribution < -0.4 is 5.32 Å². The summed E-state index contributed by atoms with van der Waals surface area (Å²) in [5.41, 5.74) is -0.605. The number of hydrogen-bond acceptors (Lipinski definition) is 3. The number of hydrogen-bond donors (Lipinski definition) is 1. The molecular formula is C7H10N2O2. The molecule has 0 heterocycles. The van der Waals surface area contributed by atoms with E-state index in [2.05, 4.69) is 10.1 Å². The fourth-order valence-electron chi connectivity index (χ4n) is 0.752. The van der Waals surface area contributed by atoms with Crippen LogP contribution >= 0.6 is 0 Å². The molecule has 1 rings (SSSR count). The molecule has 0 saturated heterocycles. The fourth-order valence-corrected chi connectivity index (χ4v) is 0.752. The quantitative estimate of drug-likeness (QED) is 0.639. The first kappa shape index (κ1) is 7.86. The minimum Gasteiger partial charge on any atom is -0.450 e. The maximum Gasteiger partial charge on any atom is 0.408 e. The first-order valence-electron chi connectivity index (χ1n) is 3.58. The molecule has 60 valence electrons. The molecule has 4 heteroatoms. The van der Waals surface area contributed by atoms with Crippen molar-refractivity contribution in [3.05, 3.63) is 0 Å². The van der Waals surface area contributed by atoms with E-state index in [4.69, 9.17) is 5.26 Å². The van der Waals surface area contributed by atoms with Crippen LogP contribution in [0.2, 0.25) is 0 Å². The zero-order valence-corrected chi connectivity index (χ0v) is 6.39. The molecule has 1 fully saturated rings. The van der Waals surface area contributed by atoms with Crippen LogP contribution in [0.3, 0.4) is 0 Å². The number of carbonyl (C=O) groups is 1. The van der Waals surface area contributed by atoms with Crippen molar-refractivity contribution in [3.8, 4) is 6.07 Å². The van der Waals surface area contributed by atoms with Gasteiger partial charge in [0.05, 0.1) is 12.7 Å². The summed E-state index contributed by atoms with van der Waals surface area (Å²) >= 11 is 0. The summed E-state index contributed by atoms with van der Waals surface area (Å²) < 4.78 is 4.62. The first-order chi connectivity index (χ1) is 5.22. The topological polar surface area (TPSA) is 62.1 Å². The third-order valence-electron chi connectivity index (χ3n) is 1.58. The molecule has 1 saturated carbocycles. The van der Waals surface area contributed by atoms with Gasteiger partial charge in [0.2, 0.25) is 0 Å². The minimum atomic E-state index is -0.605. The minimum absolute atomic E-state index is 0.341. The Morgan fingerprint density at radius 2 is 2.45 bits per heavy atom. The van der Waals surface area contributed by atoms with E-state index in [1.54, 1.807) is 6.92 Å². The SMILES string of the molecule is CCOC(=O)NC1(C#N)CC1. The molecule has 0 aromatic carbocycles. The zero-order valence-electron chi connectivity index (χ0n) is 6.39. The number of ether oxygens (including phenoxy) is 1. The maximum atomic E-state index is 10.8. The van der Waals surface area contributed by atoms with Gasteiger partial charge in [-0.1, -0.05) is 0 Å². The summed E-state index contributed by atoms with van der Waals surface area (Å²) in [7, 11) is 0. The lowest BCUT2D eigenvalue weighted by Crippen LogP contribution is -2.35. The van der Waals surface area contributed by atoms with Gasteiger partial charge in [0, 0.05) is 0 Å². The molecule has 11 heavy (non-hydrogen) atoms. The molecule has 1 N–H and O–H groups in total. The van der Waals surface area contributed by atoms with Gasteiger partial charge in [-0.15, -0.1) is 0 Å². The first-order valence-corrected chi connectivity index (χ1v) is 3.58. The van der Waals surface area contributed by atoms with Crippen LogP contribution in [-0.4, -0.2) is 18.2 Å². The monoisotopic (exact) mass is 154 g/mol. The van der Waals surface area contributed by atoms with Gasteiger partial charge in [0.1, 0.15) is 5.54 Å². The summed E-state index contributed by atoms with van der Waals surface area (Å²) in [5.74, 6) is 0. The van der Waals surface area contributed by atoms with Crippen molar-refractivity contribution in [2.45, 2.75) is 25.3 Å². The van der Waals surface area contributed by atoms with Crippen molar-refractivity contribution in [1.82, 2.24) is 5.32 Å². The number of rotatable bonds is 2. The van der Waals surface area contributed by atoms with Crippen LogP contribution in [0.5, 0.6) is 0 Å². The van der Waals surface area contributed by atoms with E-state index in [1.807, 2.05) is 6.07 Å². The van der Waals surface area contributed by atoms with E-state index < -0.39 is 11.6 Å². The number of nitriles is 1. The second-order valence-electron chi connectivity index (χ2n) is 2.54. The normalized spacial score (nSPS) is 18.2. The molecule has 0 spiro atoms. The largest absolute Gasteiger partial charge is 0.450 e. The van der Waals surface area contributed by atoms with Gasteiger partial charge in [0.25, 0.3) is 0 Å². The molecule has 0 aliphatic heterocycles. The lowest BCUT2D eigenvalue weighted by atomic mass is 10.3. The average Bonchev–Trinajstić information content (AvgIpc) is 2.70. The maximum absolute atomic E-state index is 10.8. The molecule has 0 atom stereocenters. The Morgan fingerprint density at radius 3 is 2.82 bits per heavy atom. The highest BCUT2D eigenvalue weighted by atomic mass is 16.5. The number of alkyl carbamates (subject to hydrolysis) is 1. The van der Waals surface area contributed by atoms with Crippen molar-refractivity contribution in [2.24, 2.45) is 0 Å². The van der Waals surface area contributed by atoms with Gasteiger partial charge in [-0.2, -0.15) is 5.26 Å². The highest BCUT2D eigenvalue weighted by Crippen LogP contribution is 2.34. The Labute approximate surface area is 65.1 Å². The highest BCUT2D eigenvalue weighted by Gasteiger charge is 2.45. The lowest BCUT2D eigenvalue weighted by molar-refractivity contribution is 0.149. The molecule has 1 aliphatic carbocycles. The summed E-state index contributed by atoms with van der Waals surface area (Å²) in [6.45, 7) is 2.07. The predicted octanol–water partition coefficient (Wildman–Crippen LogP) is 0.789. The van der Waals surface area contributed by atoms with Crippen molar-refractivity contribution >= 4 is 6.09 Å². The molecule has 1 aliphatic rings. The van der Waals surface area contributed by atoms with Crippen LogP contribution in [0.1, 0.15) is 19.8 Å². The van der Waals surface area contributed by atoms with E-state index in [0.717, 1.165) is 12.8 Å². The second kappa shape index (κ2) is 2.79. The predicted molar refractivity (Wildman–Crippen MR) is 37.7 cm³/mol. The van der Waals surface area contributed by atoms with E-state index in [9.17, 15) is 4.79 Å². The van der Waals surface area contributed by atoms with Gasteiger partial charge in [-0.05, 0) is 19.8 Å². The van der Waals surface area contributed by atoms with Gasteiger partial charge < -0.3 is 10.1 Å². The Bertz CT molecular complexity index is 203. The standard InChI is InChI=1S/C7H10N2O2/c1-2-11-6(10)9-7(5-8)3-4-7/h2-4H2,1H3,(H,9,10). The highest BCUT2D eigenvalue weighted by molar-refractivity contribution is 5.69. The van der Waals surface area contributed by atoms with E-state index in [1.165, 1.54) is 0 Å². The van der Waals surface area contributed by atoms with Crippen molar-refractivity contribution in [1.29, 1.82) is 5.26 Å². The van der Waals surface area contributed by atoms with Crippen molar-refractivity contribution in [2.75, 3.05) is 6.61 Å². The summed E-state index contributed by atoms with van der Waals surface area (Å²) in [5, 5.41) is 11.0. The molecule has 4 nitrogen and oxygen atoms in total. The molecular weight excluding hydrogens is 144 g/mol. The Kier molecular flexibility index (Phi) is 1.99. The molecule has 0 bridgehead atoms. The number of amides is 1. The Hall–Kier alpha value is -1.24. The van der Waals surface area contributed by atoms with Crippen molar-refractivity contribution < 1.29 is 9.53 Å². The van der Waals surface area contributed by atoms with Gasteiger partial charge in [0.15, 0.2) is 0 Å². The Balaban J connectivity index is 2.32. The third kappa shape index (κ3) is 1.84. The van der Waals surface area contributed by atoms with E-state index in [-0.39, 0.29) is 0 Å². The average molecular weight is 154 g/mol. The zero-order chi connectivity index (χ0) is 8.32. The number of carbonyl (C=O) groups excluding carboxylic acids is 1. The summed E-state index contributed by atoms with van der Waals surface area (Å²) in [6.07, 6.45) is 0.983. The van der Waals surface area contributed by atoms with Gasteiger partial charge in [-0.25, -0.2) is 4.79 Å². The Morgan fingerprint density at radius 1 is 1.82 bits per heavy atom. The van der Waals surface area contributed by atoms with Crippen LogP contribution in [0.15, 0.2) is 0 Å². The molecule has 0 aromatic rings. The molecule has 0 radical (unpaired) electrons. The summed E-state index contributed by atoms with van der Waals surface area (Å²) in [6, 6.07) is 2.03. The fraction of sp³-hybridized carbons (Fsp3) is 0.714. The van der Waals surface area contributed by atoms with Gasteiger partial charge >= 0.3 is 6.09 Å². The van der Waals surface area contributed by atoms with Gasteiger partial charge in [-0.3, -0.25) is 0 Å². The smallest absolute Gasteiger partial charge is 0.408 e. The van der Waals surface area contributed by atoms with E-state index >= 15 is 0 Å². The third-order valence-corrected chi connectivity index (χ3v) is 1.58. The van der Waals surface area contributed by atoms with Crippen LogP contribution in [-0.2, 0) is 4.74 Å².